The van der Waals surface area contributed by atoms with Gasteiger partial charge in [-0.1, -0.05) is 36.9 Å². The van der Waals surface area contributed by atoms with Crippen LogP contribution < -0.4 is 16.8 Å². The molecule has 0 atom stereocenters. The Labute approximate surface area is 190 Å². The maximum absolute atomic E-state index is 12.1. The minimum atomic E-state index is -0.548. The number of carbonyl (C=O) groups is 3. The molecule has 0 unspecified atom stereocenters. The zero-order chi connectivity index (χ0) is 23.7. The van der Waals surface area contributed by atoms with E-state index in [1.54, 1.807) is 30.3 Å². The van der Waals surface area contributed by atoms with E-state index in [2.05, 4.69) is 16.9 Å². The van der Waals surface area contributed by atoms with Gasteiger partial charge in [-0.3, -0.25) is 14.4 Å². The van der Waals surface area contributed by atoms with Crippen molar-refractivity contribution >= 4 is 34.3 Å². The van der Waals surface area contributed by atoms with Gasteiger partial charge in [0.1, 0.15) is 0 Å². The molecule has 6 N–H and O–H groups in total. The number of anilines is 1. The standard InChI is InChI=1S/C26H22N4O3/c1-3-23(31)29-21-6-4-5-17(14(21)2)18-11-12-19(26(28)33)24-20(18)13-22(30-24)15-7-9-16(10-8-15)25(27)32/h3-13,30H,1H2,2H3,(H2,27,32)(H2,28,33)(H,29,31). The summed E-state index contributed by atoms with van der Waals surface area (Å²) in [6.07, 6.45) is 1.22. The molecule has 0 spiro atoms. The van der Waals surface area contributed by atoms with Crippen molar-refractivity contribution in [1.82, 2.24) is 4.98 Å². The molecule has 0 saturated carbocycles. The van der Waals surface area contributed by atoms with E-state index < -0.39 is 11.8 Å². The molecule has 164 valence electrons. The van der Waals surface area contributed by atoms with Gasteiger partial charge in [-0.15, -0.1) is 0 Å². The van der Waals surface area contributed by atoms with Crippen molar-refractivity contribution in [3.8, 4) is 22.4 Å². The van der Waals surface area contributed by atoms with Crippen LogP contribution in [0.25, 0.3) is 33.3 Å². The first kappa shape index (κ1) is 21.6. The molecule has 0 bridgehead atoms. The molecule has 7 nitrogen and oxygen atoms in total. The third-order valence-electron chi connectivity index (χ3n) is 5.61. The largest absolute Gasteiger partial charge is 0.366 e. The topological polar surface area (TPSA) is 131 Å². The van der Waals surface area contributed by atoms with Crippen molar-refractivity contribution < 1.29 is 14.4 Å². The molecule has 33 heavy (non-hydrogen) atoms. The van der Waals surface area contributed by atoms with Crippen LogP contribution in [-0.2, 0) is 4.79 Å². The number of primary amides is 2. The second-order valence-electron chi connectivity index (χ2n) is 7.61. The number of aromatic nitrogens is 1. The number of fused-ring (bicyclic) bond motifs is 1. The monoisotopic (exact) mass is 438 g/mol. The fraction of sp³-hybridized carbons (Fsp3) is 0.0385. The summed E-state index contributed by atoms with van der Waals surface area (Å²) in [4.78, 5) is 38.6. The number of nitrogens with one attached hydrogen (secondary N) is 2. The molecule has 3 aromatic carbocycles. The zero-order valence-corrected chi connectivity index (χ0v) is 17.9. The van der Waals surface area contributed by atoms with Crippen molar-refractivity contribution in [3.63, 3.8) is 0 Å². The first-order valence-corrected chi connectivity index (χ1v) is 10.2. The Kier molecular flexibility index (Phi) is 5.54. The van der Waals surface area contributed by atoms with Crippen LogP contribution in [0.1, 0.15) is 26.3 Å². The summed E-state index contributed by atoms with van der Waals surface area (Å²) >= 11 is 0. The Balaban J connectivity index is 1.90. The van der Waals surface area contributed by atoms with E-state index >= 15 is 0 Å². The second kappa shape index (κ2) is 8.47. The highest BCUT2D eigenvalue weighted by Crippen LogP contribution is 2.37. The van der Waals surface area contributed by atoms with Crippen molar-refractivity contribution in [2.75, 3.05) is 5.32 Å². The summed E-state index contributed by atoms with van der Waals surface area (Å²) in [5.74, 6) is -1.35. The summed E-state index contributed by atoms with van der Waals surface area (Å²) < 4.78 is 0. The van der Waals surface area contributed by atoms with Gasteiger partial charge in [0.15, 0.2) is 0 Å². The fourth-order valence-corrected chi connectivity index (χ4v) is 3.88. The van der Waals surface area contributed by atoms with E-state index in [-0.39, 0.29) is 5.91 Å². The lowest BCUT2D eigenvalue weighted by Gasteiger charge is -2.13. The number of benzene rings is 3. The van der Waals surface area contributed by atoms with Crippen molar-refractivity contribution in [3.05, 3.63) is 90.0 Å². The minimum absolute atomic E-state index is 0.298. The summed E-state index contributed by atoms with van der Waals surface area (Å²) in [6.45, 7) is 5.41. The average molecular weight is 438 g/mol. The lowest BCUT2D eigenvalue weighted by molar-refractivity contribution is -0.111. The summed E-state index contributed by atoms with van der Waals surface area (Å²) in [6, 6.07) is 17.9. The van der Waals surface area contributed by atoms with Crippen molar-refractivity contribution in [1.29, 1.82) is 0 Å². The highest BCUT2D eigenvalue weighted by Gasteiger charge is 2.17. The highest BCUT2D eigenvalue weighted by molar-refractivity contribution is 6.11. The van der Waals surface area contributed by atoms with Gasteiger partial charge in [-0.2, -0.15) is 0 Å². The molecule has 7 heteroatoms. The highest BCUT2D eigenvalue weighted by atomic mass is 16.2. The van der Waals surface area contributed by atoms with Gasteiger partial charge in [0.2, 0.25) is 11.8 Å². The summed E-state index contributed by atoms with van der Waals surface area (Å²) in [5, 5.41) is 3.62. The van der Waals surface area contributed by atoms with Crippen LogP contribution in [-0.4, -0.2) is 22.7 Å². The van der Waals surface area contributed by atoms with Gasteiger partial charge < -0.3 is 21.8 Å². The molecule has 0 aliphatic heterocycles. The second-order valence-corrected chi connectivity index (χ2v) is 7.61. The van der Waals surface area contributed by atoms with E-state index in [0.717, 1.165) is 33.3 Å². The molecule has 3 amide bonds. The number of amides is 3. The Morgan fingerprint density at radius 1 is 0.939 bits per heavy atom. The molecule has 0 fully saturated rings. The maximum atomic E-state index is 12.1. The van der Waals surface area contributed by atoms with Gasteiger partial charge in [0.25, 0.3) is 5.91 Å². The minimum Gasteiger partial charge on any atom is -0.366 e. The number of H-pyrrole nitrogens is 1. The molecule has 0 aliphatic carbocycles. The predicted molar refractivity (Wildman–Crippen MR) is 130 cm³/mol. The summed E-state index contributed by atoms with van der Waals surface area (Å²) in [5.41, 5.74) is 17.2. The van der Waals surface area contributed by atoms with Crippen LogP contribution in [0.3, 0.4) is 0 Å². The SMILES string of the molecule is C=CC(=O)Nc1cccc(-c2ccc(C(N)=O)c3[nH]c(-c4ccc(C(N)=O)cc4)cc23)c1C. The number of hydrogen-bond acceptors (Lipinski definition) is 3. The zero-order valence-electron chi connectivity index (χ0n) is 17.9. The third-order valence-corrected chi connectivity index (χ3v) is 5.61. The molecule has 0 radical (unpaired) electrons. The van der Waals surface area contributed by atoms with Crippen LogP contribution >= 0.6 is 0 Å². The van der Waals surface area contributed by atoms with Gasteiger partial charge in [-0.25, -0.2) is 0 Å². The van der Waals surface area contributed by atoms with Gasteiger partial charge >= 0.3 is 0 Å². The number of nitrogens with two attached hydrogens (primary N) is 2. The lowest BCUT2D eigenvalue weighted by atomic mass is 9.94. The molecule has 4 rings (SSSR count). The van der Waals surface area contributed by atoms with E-state index in [1.807, 2.05) is 37.3 Å². The van der Waals surface area contributed by atoms with Gasteiger partial charge in [0, 0.05) is 22.3 Å². The number of aromatic amines is 1. The van der Waals surface area contributed by atoms with Gasteiger partial charge in [-0.05, 0) is 65.6 Å². The Morgan fingerprint density at radius 3 is 2.30 bits per heavy atom. The summed E-state index contributed by atoms with van der Waals surface area (Å²) in [7, 11) is 0. The Bertz CT molecular complexity index is 1430. The Morgan fingerprint density at radius 2 is 1.67 bits per heavy atom. The quantitative estimate of drug-likeness (QED) is 0.338. The molecular formula is C26H22N4O3. The number of hydrogen-bond donors (Lipinski definition) is 4. The normalized spacial score (nSPS) is 10.7. The number of rotatable bonds is 6. The molecule has 4 aromatic rings. The molecule has 1 aromatic heterocycles. The molecule has 0 aliphatic rings. The van der Waals surface area contributed by atoms with E-state index in [9.17, 15) is 14.4 Å². The van der Waals surface area contributed by atoms with Crippen LogP contribution in [0.4, 0.5) is 5.69 Å². The van der Waals surface area contributed by atoms with E-state index in [4.69, 9.17) is 11.5 Å². The lowest BCUT2D eigenvalue weighted by Crippen LogP contribution is -2.11. The first-order valence-electron chi connectivity index (χ1n) is 10.2. The van der Waals surface area contributed by atoms with Crippen molar-refractivity contribution in [2.24, 2.45) is 11.5 Å². The van der Waals surface area contributed by atoms with Crippen LogP contribution in [0.15, 0.2) is 73.3 Å². The smallest absolute Gasteiger partial charge is 0.250 e. The molecule has 1 heterocycles. The van der Waals surface area contributed by atoms with Crippen molar-refractivity contribution in [2.45, 2.75) is 6.92 Å². The fourth-order valence-electron chi connectivity index (χ4n) is 3.88. The molecular weight excluding hydrogens is 416 g/mol. The van der Waals surface area contributed by atoms with Crippen LogP contribution in [0.5, 0.6) is 0 Å². The first-order chi connectivity index (χ1) is 15.8. The average Bonchev–Trinajstić information content (AvgIpc) is 3.25. The Hall–Kier alpha value is -4.65. The van der Waals surface area contributed by atoms with Crippen LogP contribution in [0.2, 0.25) is 0 Å². The van der Waals surface area contributed by atoms with Gasteiger partial charge in [0.05, 0.1) is 11.1 Å². The predicted octanol–water partition coefficient (Wildman–Crippen LogP) is 4.13. The van der Waals surface area contributed by atoms with E-state index in [1.165, 1.54) is 6.08 Å². The van der Waals surface area contributed by atoms with E-state index in [0.29, 0.717) is 22.3 Å². The number of carbonyl (C=O) groups excluding carboxylic acids is 3. The third kappa shape index (κ3) is 3.99. The maximum Gasteiger partial charge on any atom is 0.250 e. The molecule has 0 saturated heterocycles. The van der Waals surface area contributed by atoms with Crippen LogP contribution in [0, 0.1) is 6.92 Å².